The molecule has 0 aliphatic carbocycles. The first-order chi connectivity index (χ1) is 15.3. The minimum absolute atomic E-state index is 0.00590. The van der Waals surface area contributed by atoms with E-state index < -0.39 is 0 Å². The number of hydrogen-bond acceptors (Lipinski definition) is 9. The third-order valence-electron chi connectivity index (χ3n) is 5.16. The lowest BCUT2D eigenvalue weighted by Gasteiger charge is -2.34. The normalized spacial score (nSPS) is 15.4. The van der Waals surface area contributed by atoms with Crippen LogP contribution in [0.5, 0.6) is 11.5 Å². The van der Waals surface area contributed by atoms with E-state index in [1.807, 2.05) is 18.2 Å². The maximum Gasteiger partial charge on any atom is 0.248 e. The Bertz CT molecular complexity index is 1050. The molecule has 10 heteroatoms. The van der Waals surface area contributed by atoms with Gasteiger partial charge < -0.3 is 28.5 Å². The summed E-state index contributed by atoms with van der Waals surface area (Å²) in [5.41, 5.74) is 1.45. The molecule has 0 bridgehead atoms. The fourth-order valence-corrected chi connectivity index (χ4v) is 3.51. The first-order valence-corrected chi connectivity index (χ1v) is 9.99. The zero-order valence-corrected chi connectivity index (χ0v) is 16.8. The zero-order chi connectivity index (χ0) is 21.0. The van der Waals surface area contributed by atoms with E-state index in [1.165, 1.54) is 0 Å². The van der Waals surface area contributed by atoms with Gasteiger partial charge in [0.2, 0.25) is 18.6 Å². The number of piperazine rings is 1. The highest BCUT2D eigenvalue weighted by atomic mass is 16.7. The summed E-state index contributed by atoms with van der Waals surface area (Å²) in [5, 5.41) is 4.02. The molecule has 2 aliphatic rings. The van der Waals surface area contributed by atoms with E-state index in [9.17, 15) is 4.79 Å². The van der Waals surface area contributed by atoms with Crippen LogP contribution in [0.25, 0.3) is 11.3 Å². The zero-order valence-electron chi connectivity index (χ0n) is 16.8. The molecule has 10 nitrogen and oxygen atoms in total. The van der Waals surface area contributed by atoms with Crippen LogP contribution in [0, 0.1) is 0 Å². The number of ether oxygens (including phenoxy) is 3. The molecule has 1 saturated heterocycles. The molecule has 3 aromatic rings. The van der Waals surface area contributed by atoms with Crippen molar-refractivity contribution >= 4 is 11.9 Å². The molecular weight excluding hydrogens is 402 g/mol. The highest BCUT2D eigenvalue weighted by molar-refractivity contribution is 5.77. The van der Waals surface area contributed by atoms with Crippen molar-refractivity contribution in [3.8, 4) is 22.8 Å². The molecule has 0 atom stereocenters. The fourth-order valence-electron chi connectivity index (χ4n) is 3.51. The summed E-state index contributed by atoms with van der Waals surface area (Å²) >= 11 is 0. The van der Waals surface area contributed by atoms with E-state index in [2.05, 4.69) is 20.0 Å². The summed E-state index contributed by atoms with van der Waals surface area (Å²) < 4.78 is 21.7. The Hall–Kier alpha value is -3.66. The van der Waals surface area contributed by atoms with E-state index in [4.69, 9.17) is 18.7 Å². The number of benzene rings is 1. The number of amides is 1. The third kappa shape index (κ3) is 4.29. The fraction of sp³-hybridized carbons (Fsp3) is 0.333. The lowest BCUT2D eigenvalue weighted by molar-refractivity contribution is -0.136. The largest absolute Gasteiger partial charge is 0.454 e. The summed E-state index contributed by atoms with van der Waals surface area (Å²) in [5.74, 6) is 2.63. The number of rotatable bonds is 6. The number of hydrogen-bond donors (Lipinski definition) is 0. The van der Waals surface area contributed by atoms with Crippen LogP contribution in [0.1, 0.15) is 5.69 Å². The molecule has 4 heterocycles. The second-order valence-electron chi connectivity index (χ2n) is 7.16. The Morgan fingerprint density at radius 2 is 1.84 bits per heavy atom. The molecule has 0 N–H and O–H groups in total. The van der Waals surface area contributed by atoms with Crippen molar-refractivity contribution in [3.63, 3.8) is 0 Å². The van der Waals surface area contributed by atoms with Gasteiger partial charge in [-0.2, -0.15) is 0 Å². The molecule has 0 radical (unpaired) electrons. The average molecular weight is 423 g/mol. The topological polar surface area (TPSA) is 103 Å². The average Bonchev–Trinajstić information content (AvgIpc) is 3.49. The van der Waals surface area contributed by atoms with E-state index in [0.717, 1.165) is 5.56 Å². The van der Waals surface area contributed by atoms with Gasteiger partial charge in [-0.25, -0.2) is 9.97 Å². The molecule has 2 aromatic heterocycles. The van der Waals surface area contributed by atoms with Gasteiger partial charge in [-0.1, -0.05) is 5.16 Å². The number of nitrogens with zero attached hydrogens (tertiary/aromatic N) is 5. The van der Waals surface area contributed by atoms with E-state index in [-0.39, 0.29) is 25.9 Å². The minimum atomic E-state index is -0.0480. The van der Waals surface area contributed by atoms with Crippen molar-refractivity contribution in [1.29, 1.82) is 0 Å². The van der Waals surface area contributed by atoms with Gasteiger partial charge in [0.25, 0.3) is 0 Å². The van der Waals surface area contributed by atoms with Crippen LogP contribution in [-0.4, -0.2) is 65.5 Å². The predicted octanol–water partition coefficient (Wildman–Crippen LogP) is 1.73. The second kappa shape index (κ2) is 8.60. The molecule has 1 fully saturated rings. The molecule has 0 saturated carbocycles. The van der Waals surface area contributed by atoms with Crippen LogP contribution in [0.4, 0.5) is 5.95 Å². The number of carbonyl (C=O) groups excluding carboxylic acids is 1. The lowest BCUT2D eigenvalue weighted by atomic mass is 10.1. The highest BCUT2D eigenvalue weighted by Crippen LogP contribution is 2.36. The van der Waals surface area contributed by atoms with Crippen LogP contribution >= 0.6 is 0 Å². The smallest absolute Gasteiger partial charge is 0.248 e. The van der Waals surface area contributed by atoms with Gasteiger partial charge in [0.1, 0.15) is 12.3 Å². The van der Waals surface area contributed by atoms with Gasteiger partial charge in [0, 0.05) is 50.2 Å². The first kappa shape index (κ1) is 19.3. The first-order valence-electron chi connectivity index (χ1n) is 9.99. The van der Waals surface area contributed by atoms with Crippen molar-refractivity contribution in [1.82, 2.24) is 20.0 Å². The van der Waals surface area contributed by atoms with Crippen LogP contribution < -0.4 is 14.4 Å². The summed E-state index contributed by atoms with van der Waals surface area (Å²) in [4.78, 5) is 24.8. The van der Waals surface area contributed by atoms with Gasteiger partial charge in [-0.05, 0) is 24.3 Å². The molecule has 1 aromatic carbocycles. The summed E-state index contributed by atoms with van der Waals surface area (Å²) in [6.45, 7) is 3.01. The molecule has 0 spiro atoms. The number of anilines is 1. The van der Waals surface area contributed by atoms with Crippen LogP contribution in [-0.2, 0) is 16.1 Å². The molecule has 5 rings (SSSR count). The van der Waals surface area contributed by atoms with Gasteiger partial charge in [0.05, 0.1) is 6.61 Å². The summed E-state index contributed by atoms with van der Waals surface area (Å²) in [6.07, 6.45) is 3.44. The second-order valence-corrected chi connectivity index (χ2v) is 7.16. The predicted molar refractivity (Wildman–Crippen MR) is 109 cm³/mol. The van der Waals surface area contributed by atoms with Crippen molar-refractivity contribution < 1.29 is 23.5 Å². The van der Waals surface area contributed by atoms with Gasteiger partial charge in [-0.3, -0.25) is 4.79 Å². The van der Waals surface area contributed by atoms with Crippen molar-refractivity contribution in [2.24, 2.45) is 0 Å². The quantitative estimate of drug-likeness (QED) is 0.586. The van der Waals surface area contributed by atoms with Crippen LogP contribution in [0.2, 0.25) is 0 Å². The Balaban J connectivity index is 1.09. The van der Waals surface area contributed by atoms with Gasteiger partial charge in [-0.15, -0.1) is 0 Å². The Morgan fingerprint density at radius 1 is 1.03 bits per heavy atom. The molecule has 0 unspecified atom stereocenters. The molecule has 160 valence electrons. The maximum absolute atomic E-state index is 12.4. The lowest BCUT2D eigenvalue weighted by Crippen LogP contribution is -2.50. The molecule has 31 heavy (non-hydrogen) atoms. The van der Waals surface area contributed by atoms with Gasteiger partial charge in [0.15, 0.2) is 17.3 Å². The summed E-state index contributed by atoms with van der Waals surface area (Å²) in [6, 6.07) is 9.13. The maximum atomic E-state index is 12.4. The van der Waals surface area contributed by atoms with Crippen molar-refractivity contribution in [3.05, 3.63) is 48.4 Å². The number of fused-ring (bicyclic) bond motifs is 1. The Kier molecular flexibility index (Phi) is 5.36. The van der Waals surface area contributed by atoms with Gasteiger partial charge >= 0.3 is 0 Å². The van der Waals surface area contributed by atoms with E-state index >= 15 is 0 Å². The van der Waals surface area contributed by atoms with Crippen LogP contribution in [0.3, 0.4) is 0 Å². The SMILES string of the molecule is O=C(COCc1cc(-c2ccc3c(c2)OCO3)on1)N1CCN(c2ncccn2)CC1. The Morgan fingerprint density at radius 3 is 2.68 bits per heavy atom. The number of aromatic nitrogens is 3. The molecule has 2 aliphatic heterocycles. The highest BCUT2D eigenvalue weighted by Gasteiger charge is 2.22. The standard InChI is InChI=1S/C21H21N5O5/c27-20(25-6-8-26(9-7-25)21-22-4-1-5-23-21)13-28-12-16-11-18(31-24-16)15-2-3-17-19(10-15)30-14-29-17/h1-5,10-11H,6-9,12-14H2. The third-order valence-corrected chi connectivity index (χ3v) is 5.16. The van der Waals surface area contributed by atoms with E-state index in [0.29, 0.717) is 55.1 Å². The van der Waals surface area contributed by atoms with Crippen molar-refractivity contribution in [2.45, 2.75) is 6.61 Å². The monoisotopic (exact) mass is 423 g/mol. The molecular formula is C21H21N5O5. The molecule has 1 amide bonds. The Labute approximate surface area is 178 Å². The van der Waals surface area contributed by atoms with Crippen LogP contribution in [0.15, 0.2) is 47.2 Å². The van der Waals surface area contributed by atoms with Crippen molar-refractivity contribution in [2.75, 3.05) is 44.5 Å². The minimum Gasteiger partial charge on any atom is -0.454 e. The summed E-state index contributed by atoms with van der Waals surface area (Å²) in [7, 11) is 0. The van der Waals surface area contributed by atoms with E-state index in [1.54, 1.807) is 29.4 Å². The number of carbonyl (C=O) groups is 1.